The van der Waals surface area contributed by atoms with Crippen LogP contribution in [-0.2, 0) is 4.79 Å². The van der Waals surface area contributed by atoms with E-state index in [2.05, 4.69) is 11.9 Å². The molecular formula is C10H15NO. The minimum absolute atomic E-state index is 0.138. The molecule has 0 aromatic rings. The van der Waals surface area contributed by atoms with Crippen LogP contribution in [0.4, 0.5) is 0 Å². The Morgan fingerprint density at radius 3 is 2.33 bits per heavy atom. The minimum atomic E-state index is -0.138. The van der Waals surface area contributed by atoms with Gasteiger partial charge in [-0.2, -0.15) is 0 Å². The van der Waals surface area contributed by atoms with E-state index in [1.165, 1.54) is 0 Å². The zero-order valence-electron chi connectivity index (χ0n) is 7.85. The fourth-order valence-corrected chi connectivity index (χ4v) is 0.627. The van der Waals surface area contributed by atoms with Crippen LogP contribution in [0.1, 0.15) is 20.8 Å². The van der Waals surface area contributed by atoms with Crippen LogP contribution in [0.5, 0.6) is 0 Å². The topological polar surface area (TPSA) is 29.1 Å². The molecule has 0 aliphatic carbocycles. The average molecular weight is 165 g/mol. The Morgan fingerprint density at radius 2 is 2.00 bits per heavy atom. The van der Waals surface area contributed by atoms with E-state index >= 15 is 0 Å². The Bertz CT molecular complexity index is 236. The largest absolute Gasteiger partial charge is 0.323 e. The van der Waals surface area contributed by atoms with Crippen LogP contribution in [0.25, 0.3) is 0 Å². The van der Waals surface area contributed by atoms with E-state index in [9.17, 15) is 4.79 Å². The van der Waals surface area contributed by atoms with Crippen molar-refractivity contribution in [3.8, 4) is 0 Å². The van der Waals surface area contributed by atoms with Gasteiger partial charge in [0.15, 0.2) is 0 Å². The van der Waals surface area contributed by atoms with Gasteiger partial charge in [0.05, 0.1) is 0 Å². The van der Waals surface area contributed by atoms with Crippen LogP contribution >= 0.6 is 0 Å². The molecular weight excluding hydrogens is 150 g/mol. The SMILES string of the molecule is C=C(C)C(=O)NC(/C=C\C)=C/C. The van der Waals surface area contributed by atoms with Crippen LogP contribution in [0.3, 0.4) is 0 Å². The highest BCUT2D eigenvalue weighted by Crippen LogP contribution is 1.94. The van der Waals surface area contributed by atoms with Crippen LogP contribution in [-0.4, -0.2) is 5.91 Å². The molecule has 0 spiro atoms. The lowest BCUT2D eigenvalue weighted by Crippen LogP contribution is -2.21. The maximum atomic E-state index is 11.1. The molecule has 0 aromatic heterocycles. The van der Waals surface area contributed by atoms with Gasteiger partial charge in [0.1, 0.15) is 0 Å². The van der Waals surface area contributed by atoms with Crippen molar-refractivity contribution < 1.29 is 4.79 Å². The van der Waals surface area contributed by atoms with Crippen molar-refractivity contribution in [3.63, 3.8) is 0 Å². The fourth-order valence-electron chi connectivity index (χ4n) is 0.627. The van der Waals surface area contributed by atoms with Gasteiger partial charge < -0.3 is 5.32 Å². The molecule has 0 atom stereocenters. The van der Waals surface area contributed by atoms with Crippen molar-refractivity contribution in [2.45, 2.75) is 20.8 Å². The van der Waals surface area contributed by atoms with Crippen molar-refractivity contribution in [1.82, 2.24) is 5.32 Å². The highest BCUT2D eigenvalue weighted by atomic mass is 16.1. The molecule has 0 aliphatic heterocycles. The Hall–Kier alpha value is -1.31. The van der Waals surface area contributed by atoms with Gasteiger partial charge >= 0.3 is 0 Å². The first-order valence-corrected chi connectivity index (χ1v) is 3.87. The van der Waals surface area contributed by atoms with Gasteiger partial charge in [-0.25, -0.2) is 0 Å². The zero-order valence-corrected chi connectivity index (χ0v) is 7.85. The number of nitrogens with one attached hydrogen (secondary N) is 1. The molecule has 2 heteroatoms. The molecule has 0 radical (unpaired) electrons. The van der Waals surface area contributed by atoms with E-state index in [0.29, 0.717) is 5.57 Å². The van der Waals surface area contributed by atoms with Crippen molar-refractivity contribution in [3.05, 3.63) is 36.1 Å². The maximum Gasteiger partial charge on any atom is 0.250 e. The van der Waals surface area contributed by atoms with Crippen molar-refractivity contribution in [2.75, 3.05) is 0 Å². The summed E-state index contributed by atoms with van der Waals surface area (Å²) in [5, 5.41) is 2.70. The molecule has 0 bridgehead atoms. The summed E-state index contributed by atoms with van der Waals surface area (Å²) in [5.74, 6) is -0.138. The second kappa shape index (κ2) is 5.35. The molecule has 0 unspecified atom stereocenters. The van der Waals surface area contributed by atoms with Crippen molar-refractivity contribution in [1.29, 1.82) is 0 Å². The minimum Gasteiger partial charge on any atom is -0.323 e. The lowest BCUT2D eigenvalue weighted by molar-refractivity contribution is -0.116. The first kappa shape index (κ1) is 10.7. The Morgan fingerprint density at radius 1 is 1.42 bits per heavy atom. The van der Waals surface area contributed by atoms with E-state index in [-0.39, 0.29) is 5.91 Å². The first-order valence-electron chi connectivity index (χ1n) is 3.87. The molecule has 0 heterocycles. The summed E-state index contributed by atoms with van der Waals surface area (Å²) in [6.45, 7) is 8.99. The summed E-state index contributed by atoms with van der Waals surface area (Å²) in [6.07, 6.45) is 5.54. The van der Waals surface area contributed by atoms with Crippen molar-refractivity contribution in [2.24, 2.45) is 0 Å². The Labute approximate surface area is 73.7 Å². The number of amides is 1. The van der Waals surface area contributed by atoms with Gasteiger partial charge in [0.25, 0.3) is 5.91 Å². The second-order valence-electron chi connectivity index (χ2n) is 2.48. The molecule has 12 heavy (non-hydrogen) atoms. The molecule has 1 amide bonds. The molecule has 0 rings (SSSR count). The number of allylic oxidation sites excluding steroid dienone is 3. The first-order chi connectivity index (χ1) is 5.61. The van der Waals surface area contributed by atoms with E-state index in [1.807, 2.05) is 32.1 Å². The van der Waals surface area contributed by atoms with Gasteiger partial charge in [-0.15, -0.1) is 0 Å². The summed E-state index contributed by atoms with van der Waals surface area (Å²) < 4.78 is 0. The monoisotopic (exact) mass is 165 g/mol. The molecule has 0 fully saturated rings. The second-order valence-corrected chi connectivity index (χ2v) is 2.48. The molecule has 0 aromatic carbocycles. The highest BCUT2D eigenvalue weighted by Gasteiger charge is 2.00. The van der Waals surface area contributed by atoms with E-state index in [4.69, 9.17) is 0 Å². The lowest BCUT2D eigenvalue weighted by Gasteiger charge is -2.03. The quantitative estimate of drug-likeness (QED) is 0.504. The smallest absolute Gasteiger partial charge is 0.250 e. The van der Waals surface area contributed by atoms with Crippen LogP contribution in [0.2, 0.25) is 0 Å². The standard InChI is InChI=1S/C10H15NO/c1-5-7-9(6-2)11-10(12)8(3)4/h5-7H,3H2,1-2,4H3,(H,11,12)/b7-5-,9-6+. The summed E-state index contributed by atoms with van der Waals surface area (Å²) in [4.78, 5) is 11.1. The number of hydrogen-bond donors (Lipinski definition) is 1. The van der Waals surface area contributed by atoms with Crippen LogP contribution < -0.4 is 5.32 Å². The molecule has 0 aliphatic rings. The predicted molar refractivity (Wildman–Crippen MR) is 51.5 cm³/mol. The molecule has 1 N–H and O–H groups in total. The number of hydrogen-bond acceptors (Lipinski definition) is 1. The van der Waals surface area contributed by atoms with Crippen LogP contribution in [0.15, 0.2) is 36.1 Å². The third kappa shape index (κ3) is 3.76. The summed E-state index contributed by atoms with van der Waals surface area (Å²) in [7, 11) is 0. The molecule has 0 saturated carbocycles. The van der Waals surface area contributed by atoms with E-state index in [1.54, 1.807) is 6.92 Å². The van der Waals surface area contributed by atoms with Gasteiger partial charge in [-0.05, 0) is 26.8 Å². The number of carbonyl (C=O) groups is 1. The van der Waals surface area contributed by atoms with Gasteiger partial charge in [-0.3, -0.25) is 4.79 Å². The third-order valence-electron chi connectivity index (χ3n) is 1.30. The predicted octanol–water partition coefficient (Wildman–Crippen LogP) is 2.16. The molecule has 0 saturated heterocycles. The Balaban J connectivity index is 4.23. The van der Waals surface area contributed by atoms with Gasteiger partial charge in [0, 0.05) is 11.3 Å². The number of rotatable bonds is 3. The normalized spacial score (nSPS) is 11.8. The number of carbonyl (C=O) groups excluding carboxylic acids is 1. The third-order valence-corrected chi connectivity index (χ3v) is 1.30. The molecule has 66 valence electrons. The summed E-state index contributed by atoms with van der Waals surface area (Å²) in [5.41, 5.74) is 1.31. The highest BCUT2D eigenvalue weighted by molar-refractivity contribution is 5.93. The fraction of sp³-hybridized carbons (Fsp3) is 0.300. The van der Waals surface area contributed by atoms with Crippen molar-refractivity contribution >= 4 is 5.91 Å². The summed E-state index contributed by atoms with van der Waals surface area (Å²) in [6, 6.07) is 0. The maximum absolute atomic E-state index is 11.1. The lowest BCUT2D eigenvalue weighted by atomic mass is 10.3. The van der Waals surface area contributed by atoms with Gasteiger partial charge in [0.2, 0.25) is 0 Å². The zero-order chi connectivity index (χ0) is 9.56. The molecule has 2 nitrogen and oxygen atoms in total. The van der Waals surface area contributed by atoms with Crippen LogP contribution in [0, 0.1) is 0 Å². The van der Waals surface area contributed by atoms with E-state index in [0.717, 1.165) is 5.70 Å². The van der Waals surface area contributed by atoms with E-state index < -0.39 is 0 Å². The summed E-state index contributed by atoms with van der Waals surface area (Å²) >= 11 is 0. The van der Waals surface area contributed by atoms with Gasteiger partial charge in [-0.1, -0.05) is 18.7 Å². The Kier molecular flexibility index (Phi) is 4.77. The average Bonchev–Trinajstić information content (AvgIpc) is 2.03.